The summed E-state index contributed by atoms with van der Waals surface area (Å²) in [5, 5.41) is 5.62. The zero-order chi connectivity index (χ0) is 15.6. The van der Waals surface area contributed by atoms with Crippen molar-refractivity contribution in [3.63, 3.8) is 0 Å². The molecule has 0 aliphatic carbocycles. The van der Waals surface area contributed by atoms with Crippen molar-refractivity contribution < 1.29 is 13.2 Å². The van der Waals surface area contributed by atoms with Crippen LogP contribution in [0.1, 0.15) is 5.56 Å². The van der Waals surface area contributed by atoms with Gasteiger partial charge < -0.3 is 4.74 Å². The maximum Gasteiger partial charge on any atom is 0.239 e. The molecular weight excluding hydrogens is 357 g/mol. The molecule has 0 unspecified atom stereocenters. The van der Waals surface area contributed by atoms with Gasteiger partial charge in [-0.25, -0.2) is 13.6 Å². The molecule has 4 nitrogen and oxygen atoms in total. The van der Waals surface area contributed by atoms with Crippen LogP contribution in [-0.4, -0.2) is 8.42 Å². The van der Waals surface area contributed by atoms with E-state index >= 15 is 0 Å². The zero-order valence-corrected chi connectivity index (χ0v) is 13.6. The van der Waals surface area contributed by atoms with Crippen molar-refractivity contribution in [3.05, 3.63) is 57.0 Å². The Balaban J connectivity index is 2.26. The van der Waals surface area contributed by atoms with Crippen molar-refractivity contribution in [1.29, 1.82) is 0 Å². The highest BCUT2D eigenvalue weighted by Gasteiger charge is 2.17. The first kappa shape index (κ1) is 16.4. The van der Waals surface area contributed by atoms with E-state index in [2.05, 4.69) is 0 Å². The molecule has 2 N–H and O–H groups in total. The van der Waals surface area contributed by atoms with Crippen LogP contribution in [0.4, 0.5) is 0 Å². The summed E-state index contributed by atoms with van der Waals surface area (Å²) in [7, 11) is -3.94. The van der Waals surface area contributed by atoms with Crippen molar-refractivity contribution in [1.82, 2.24) is 0 Å². The van der Waals surface area contributed by atoms with Crippen LogP contribution >= 0.6 is 34.8 Å². The fourth-order valence-electron chi connectivity index (χ4n) is 1.61. The van der Waals surface area contributed by atoms with E-state index in [4.69, 9.17) is 44.7 Å². The van der Waals surface area contributed by atoms with E-state index in [1.807, 2.05) is 6.07 Å². The Morgan fingerprint density at radius 1 is 1.00 bits per heavy atom. The SMILES string of the molecule is NS(=O)(=O)c1cc(Cl)c(OCc2ccccc2Cl)cc1Cl. The summed E-state index contributed by atoms with van der Waals surface area (Å²) < 4.78 is 28.2. The van der Waals surface area contributed by atoms with Crippen LogP contribution in [0.15, 0.2) is 41.3 Å². The Hall–Kier alpha value is -0.980. The van der Waals surface area contributed by atoms with Gasteiger partial charge in [-0.1, -0.05) is 53.0 Å². The third kappa shape index (κ3) is 4.02. The normalized spacial score (nSPS) is 11.4. The summed E-state index contributed by atoms with van der Waals surface area (Å²) in [6.45, 7) is 0.171. The minimum absolute atomic E-state index is 0.0592. The maximum absolute atomic E-state index is 11.3. The molecule has 0 fully saturated rings. The molecule has 0 saturated heterocycles. The van der Waals surface area contributed by atoms with Gasteiger partial charge in [0.25, 0.3) is 0 Å². The largest absolute Gasteiger partial charge is 0.487 e. The molecule has 0 saturated carbocycles. The van der Waals surface area contributed by atoms with Crippen molar-refractivity contribution in [2.24, 2.45) is 5.14 Å². The van der Waals surface area contributed by atoms with Crippen molar-refractivity contribution in [2.45, 2.75) is 11.5 Å². The number of sulfonamides is 1. The number of rotatable bonds is 4. The van der Waals surface area contributed by atoms with Gasteiger partial charge in [0.05, 0.1) is 10.0 Å². The monoisotopic (exact) mass is 365 g/mol. The standard InChI is InChI=1S/C13H10Cl3NO3S/c14-9-4-2-1-3-8(9)7-20-12-5-11(16)13(6-10(12)15)21(17,18)19/h1-6H,7H2,(H2,17,18,19). The molecule has 0 aliphatic heterocycles. The van der Waals surface area contributed by atoms with Gasteiger partial charge in [-0.3, -0.25) is 0 Å². The lowest BCUT2D eigenvalue weighted by Gasteiger charge is -2.11. The molecule has 0 spiro atoms. The molecule has 0 aliphatic rings. The van der Waals surface area contributed by atoms with Crippen LogP contribution in [0.2, 0.25) is 15.1 Å². The van der Waals surface area contributed by atoms with Gasteiger partial charge in [-0.15, -0.1) is 0 Å². The number of primary sulfonamides is 1. The van der Waals surface area contributed by atoms with E-state index < -0.39 is 10.0 Å². The predicted molar refractivity (Wildman–Crippen MR) is 83.6 cm³/mol. The van der Waals surface area contributed by atoms with E-state index in [1.165, 1.54) is 6.07 Å². The summed E-state index contributed by atoms with van der Waals surface area (Å²) in [4.78, 5) is -0.251. The van der Waals surface area contributed by atoms with Crippen LogP contribution < -0.4 is 9.88 Å². The molecule has 0 atom stereocenters. The van der Waals surface area contributed by atoms with Gasteiger partial charge in [0.1, 0.15) is 17.3 Å². The average molecular weight is 367 g/mol. The summed E-state index contributed by atoms with van der Waals surface area (Å²) in [5.74, 6) is 0.244. The van der Waals surface area contributed by atoms with Crippen molar-refractivity contribution in [3.8, 4) is 5.75 Å². The molecule has 0 bridgehead atoms. The predicted octanol–water partition coefficient (Wildman–Crippen LogP) is 3.87. The minimum atomic E-state index is -3.94. The zero-order valence-electron chi connectivity index (χ0n) is 10.5. The first-order chi connectivity index (χ1) is 9.79. The molecule has 0 amide bonds. The molecule has 8 heteroatoms. The van der Waals surface area contributed by atoms with E-state index in [0.29, 0.717) is 5.02 Å². The van der Waals surface area contributed by atoms with Gasteiger partial charge >= 0.3 is 0 Å². The number of ether oxygens (including phenoxy) is 1. The second-order valence-corrected chi connectivity index (χ2v) is 6.89. The second-order valence-electron chi connectivity index (χ2n) is 4.14. The van der Waals surface area contributed by atoms with Gasteiger partial charge in [-0.2, -0.15) is 0 Å². The van der Waals surface area contributed by atoms with Crippen LogP contribution in [0.5, 0.6) is 5.75 Å². The van der Waals surface area contributed by atoms with E-state index in [1.54, 1.807) is 18.2 Å². The maximum atomic E-state index is 11.3. The number of halogens is 3. The number of hydrogen-bond donors (Lipinski definition) is 1. The Morgan fingerprint density at radius 2 is 1.67 bits per heavy atom. The molecule has 2 aromatic carbocycles. The lowest BCUT2D eigenvalue weighted by Crippen LogP contribution is -2.13. The average Bonchev–Trinajstić information content (AvgIpc) is 2.39. The Morgan fingerprint density at radius 3 is 2.29 bits per heavy atom. The highest BCUT2D eigenvalue weighted by atomic mass is 35.5. The summed E-state index contributed by atoms with van der Waals surface area (Å²) in [6, 6.07) is 9.62. The quantitative estimate of drug-likeness (QED) is 0.893. The smallest absolute Gasteiger partial charge is 0.239 e. The first-order valence-corrected chi connectivity index (χ1v) is 8.35. The van der Waals surface area contributed by atoms with Gasteiger partial charge in [0.15, 0.2) is 0 Å². The molecule has 2 rings (SSSR count). The molecule has 21 heavy (non-hydrogen) atoms. The number of nitrogens with two attached hydrogens (primary N) is 1. The van der Waals surface area contributed by atoms with E-state index in [9.17, 15) is 8.42 Å². The lowest BCUT2D eigenvalue weighted by atomic mass is 10.2. The lowest BCUT2D eigenvalue weighted by molar-refractivity contribution is 0.306. The van der Waals surface area contributed by atoms with Gasteiger partial charge in [-0.05, 0) is 12.1 Å². The second kappa shape index (κ2) is 6.42. The summed E-state index contributed by atoms with van der Waals surface area (Å²) in [6.07, 6.45) is 0. The van der Waals surface area contributed by atoms with Crippen LogP contribution in [0, 0.1) is 0 Å². The van der Waals surface area contributed by atoms with E-state index in [0.717, 1.165) is 11.6 Å². The summed E-state index contributed by atoms with van der Waals surface area (Å²) >= 11 is 17.9. The Bertz CT molecular complexity index is 778. The van der Waals surface area contributed by atoms with Gasteiger partial charge in [0.2, 0.25) is 10.0 Å². The molecule has 0 aromatic heterocycles. The highest BCUT2D eigenvalue weighted by molar-refractivity contribution is 7.89. The third-order valence-corrected chi connectivity index (χ3v) is 4.67. The Kier molecular flexibility index (Phi) is 5.01. The highest BCUT2D eigenvalue weighted by Crippen LogP contribution is 2.33. The molecular formula is C13H10Cl3NO3S. The van der Waals surface area contributed by atoms with Gasteiger partial charge in [0, 0.05) is 16.7 Å². The first-order valence-electron chi connectivity index (χ1n) is 5.67. The minimum Gasteiger partial charge on any atom is -0.487 e. The fourth-order valence-corrected chi connectivity index (χ4v) is 3.17. The van der Waals surface area contributed by atoms with Crippen molar-refractivity contribution >= 4 is 44.8 Å². The molecule has 2 aromatic rings. The molecule has 0 heterocycles. The Labute approximate surface area is 137 Å². The molecule has 112 valence electrons. The van der Waals surface area contributed by atoms with Crippen molar-refractivity contribution in [2.75, 3.05) is 0 Å². The van der Waals surface area contributed by atoms with Crippen LogP contribution in [-0.2, 0) is 16.6 Å². The third-order valence-electron chi connectivity index (χ3n) is 2.63. The summed E-state index contributed by atoms with van der Waals surface area (Å²) in [5.41, 5.74) is 0.766. The van der Waals surface area contributed by atoms with Crippen LogP contribution in [0.3, 0.4) is 0 Å². The molecule has 0 radical (unpaired) electrons. The number of benzene rings is 2. The van der Waals surface area contributed by atoms with Crippen LogP contribution in [0.25, 0.3) is 0 Å². The topological polar surface area (TPSA) is 69.4 Å². The van der Waals surface area contributed by atoms with E-state index in [-0.39, 0.29) is 27.3 Å². The number of hydrogen-bond acceptors (Lipinski definition) is 3. The fraction of sp³-hybridized carbons (Fsp3) is 0.0769.